The van der Waals surface area contributed by atoms with Gasteiger partial charge in [-0.25, -0.2) is 0 Å². The van der Waals surface area contributed by atoms with E-state index in [1.165, 1.54) is 0 Å². The van der Waals surface area contributed by atoms with Crippen molar-refractivity contribution in [2.45, 2.75) is 6.61 Å². The van der Waals surface area contributed by atoms with Crippen LogP contribution in [0.25, 0.3) is 0 Å². The smallest absolute Gasteiger partial charge is 0.361 e. The zero-order valence-corrected chi connectivity index (χ0v) is 13.8. The number of rotatable bonds is 5. The first kappa shape index (κ1) is 16.1. The molecule has 0 fully saturated rings. The van der Waals surface area contributed by atoms with E-state index in [0.717, 1.165) is 16.6 Å². The van der Waals surface area contributed by atoms with Crippen LogP contribution in [-0.2, 0) is 11.3 Å². The van der Waals surface area contributed by atoms with Gasteiger partial charge in [0.2, 0.25) is 0 Å². The fraction of sp³-hybridized carbons (Fsp3) is 0.0556. The van der Waals surface area contributed by atoms with Crippen molar-refractivity contribution in [3.05, 3.63) is 88.7 Å². The third kappa shape index (κ3) is 4.35. The van der Waals surface area contributed by atoms with Gasteiger partial charge in [-0.15, -0.1) is 0 Å². The maximum atomic E-state index is 6.13. The molecule has 0 N–H and O–H groups in total. The van der Waals surface area contributed by atoms with Crippen LogP contribution in [0.3, 0.4) is 0 Å². The molecule has 2 aromatic carbocycles. The van der Waals surface area contributed by atoms with E-state index in [1.807, 2.05) is 66.7 Å². The third-order valence-electron chi connectivity index (χ3n) is 3.47. The molecule has 0 atom stereocenters. The maximum absolute atomic E-state index is 6.13. The number of halogens is 2. The van der Waals surface area contributed by atoms with Gasteiger partial charge in [0.15, 0.2) is 0 Å². The highest BCUT2D eigenvalue weighted by Gasteiger charge is 2.21. The van der Waals surface area contributed by atoms with Gasteiger partial charge in [0.25, 0.3) is 0 Å². The molecule has 114 valence electrons. The quantitative estimate of drug-likeness (QED) is 0.660. The maximum Gasteiger partial charge on any atom is 0.361 e. The number of nitrogens with zero attached hydrogens (tertiary/aromatic N) is 1. The molecule has 5 heteroatoms. The van der Waals surface area contributed by atoms with E-state index >= 15 is 0 Å². The topological polar surface area (TPSA) is 22.1 Å². The summed E-state index contributed by atoms with van der Waals surface area (Å²) in [4.78, 5) is 4.30. The van der Waals surface area contributed by atoms with Gasteiger partial charge in [-0.2, -0.15) is 0 Å². The Morgan fingerprint density at radius 3 is 1.83 bits per heavy atom. The van der Waals surface area contributed by atoms with Gasteiger partial charge in [0.1, 0.15) is 0 Å². The molecule has 0 unspecified atom stereocenters. The molecule has 1 heterocycles. The normalized spacial score (nSPS) is 10.5. The molecular weight excluding hydrogens is 328 g/mol. The van der Waals surface area contributed by atoms with E-state index in [2.05, 4.69) is 4.98 Å². The van der Waals surface area contributed by atoms with Crippen LogP contribution >= 0.6 is 23.2 Å². The lowest BCUT2D eigenvalue weighted by atomic mass is 9.55. The lowest BCUT2D eigenvalue weighted by molar-refractivity contribution is 0.316. The van der Waals surface area contributed by atoms with Crippen LogP contribution in [0, 0.1) is 0 Å². The van der Waals surface area contributed by atoms with Crippen molar-refractivity contribution in [2.24, 2.45) is 0 Å². The highest BCUT2D eigenvalue weighted by Crippen LogP contribution is 2.08. The predicted molar refractivity (Wildman–Crippen MR) is 97.0 cm³/mol. The summed E-state index contributed by atoms with van der Waals surface area (Å²) in [5.41, 5.74) is 2.96. The summed E-state index contributed by atoms with van der Waals surface area (Å²) in [6.45, 7) is 0.225. The van der Waals surface area contributed by atoms with E-state index in [1.54, 1.807) is 6.20 Å². The average Bonchev–Trinajstić information content (AvgIpc) is 2.59. The predicted octanol–water partition coefficient (Wildman–Crippen LogP) is 3.71. The first-order valence-electron chi connectivity index (χ1n) is 7.25. The van der Waals surface area contributed by atoms with E-state index in [9.17, 15) is 0 Å². The van der Waals surface area contributed by atoms with Crippen molar-refractivity contribution < 1.29 is 4.65 Å². The zero-order valence-electron chi connectivity index (χ0n) is 12.3. The highest BCUT2D eigenvalue weighted by atomic mass is 35.5. The van der Waals surface area contributed by atoms with Crippen molar-refractivity contribution in [2.75, 3.05) is 0 Å². The SMILES string of the molecule is Clc1ccc(B(OCc2ccccn2)c2ccc(Cl)cc2)cc1. The molecule has 0 amide bonds. The summed E-state index contributed by atoms with van der Waals surface area (Å²) in [7, 11) is 0. The molecule has 23 heavy (non-hydrogen) atoms. The van der Waals surface area contributed by atoms with E-state index in [4.69, 9.17) is 27.9 Å². The Kier molecular flexibility index (Phi) is 5.34. The Labute approximate surface area is 146 Å². The summed E-state index contributed by atoms with van der Waals surface area (Å²) >= 11 is 12.0. The third-order valence-corrected chi connectivity index (χ3v) is 3.97. The summed E-state index contributed by atoms with van der Waals surface area (Å²) in [6.07, 6.45) is 1.76. The fourth-order valence-electron chi connectivity index (χ4n) is 2.31. The fourth-order valence-corrected chi connectivity index (χ4v) is 2.56. The second-order valence-electron chi connectivity index (χ2n) is 5.12. The average molecular weight is 342 g/mol. The van der Waals surface area contributed by atoms with Gasteiger partial charge in [-0.05, 0) is 47.3 Å². The summed E-state index contributed by atoms with van der Waals surface area (Å²) < 4.78 is 6.13. The van der Waals surface area contributed by atoms with Crippen LogP contribution in [0.15, 0.2) is 72.9 Å². The monoisotopic (exact) mass is 341 g/mol. The van der Waals surface area contributed by atoms with Gasteiger partial charge in [-0.3, -0.25) is 4.98 Å². The molecule has 2 nitrogen and oxygen atoms in total. The molecular formula is C18H14BCl2NO. The van der Waals surface area contributed by atoms with Crippen LogP contribution in [0.1, 0.15) is 5.69 Å². The molecule has 0 bridgehead atoms. The van der Waals surface area contributed by atoms with E-state index in [-0.39, 0.29) is 6.92 Å². The van der Waals surface area contributed by atoms with Crippen molar-refractivity contribution in [1.29, 1.82) is 0 Å². The summed E-state index contributed by atoms with van der Waals surface area (Å²) in [5.74, 6) is 0. The second-order valence-corrected chi connectivity index (χ2v) is 5.99. The lowest BCUT2D eigenvalue weighted by Crippen LogP contribution is -2.44. The minimum absolute atomic E-state index is 0.202. The molecule has 0 aliphatic heterocycles. The first-order valence-corrected chi connectivity index (χ1v) is 8.00. The van der Waals surface area contributed by atoms with E-state index in [0.29, 0.717) is 16.7 Å². The first-order chi connectivity index (χ1) is 11.2. The minimum Gasteiger partial charge on any atom is -0.421 e. The Hall–Kier alpha value is -1.81. The molecule has 1 aromatic heterocycles. The van der Waals surface area contributed by atoms with Gasteiger partial charge in [0, 0.05) is 16.2 Å². The van der Waals surface area contributed by atoms with Gasteiger partial charge >= 0.3 is 6.92 Å². The number of benzene rings is 2. The Morgan fingerprint density at radius 1 is 0.783 bits per heavy atom. The molecule has 0 saturated carbocycles. The number of hydrogen-bond donors (Lipinski definition) is 0. The van der Waals surface area contributed by atoms with Gasteiger partial charge in [-0.1, -0.05) is 53.5 Å². The molecule has 3 aromatic rings. The van der Waals surface area contributed by atoms with Crippen LogP contribution in [0.2, 0.25) is 10.0 Å². The molecule has 0 radical (unpaired) electrons. The standard InChI is InChI=1S/C18H14BCl2NO/c20-16-8-4-14(5-9-16)19(15-6-10-17(21)11-7-15)23-13-18-3-1-2-12-22-18/h1-12H,13H2. The van der Waals surface area contributed by atoms with Crippen molar-refractivity contribution in [1.82, 2.24) is 4.98 Å². The van der Waals surface area contributed by atoms with Crippen LogP contribution in [-0.4, -0.2) is 11.9 Å². The number of aromatic nitrogens is 1. The van der Waals surface area contributed by atoms with E-state index < -0.39 is 0 Å². The second kappa shape index (κ2) is 7.65. The summed E-state index contributed by atoms with van der Waals surface area (Å²) in [5, 5.41) is 1.40. The van der Waals surface area contributed by atoms with Gasteiger partial charge < -0.3 is 4.65 Å². The van der Waals surface area contributed by atoms with Crippen molar-refractivity contribution >= 4 is 41.0 Å². The van der Waals surface area contributed by atoms with Gasteiger partial charge in [0.05, 0.1) is 12.3 Å². The zero-order chi connectivity index (χ0) is 16.1. The van der Waals surface area contributed by atoms with Crippen LogP contribution in [0.5, 0.6) is 0 Å². The largest absolute Gasteiger partial charge is 0.421 e. The lowest BCUT2D eigenvalue weighted by Gasteiger charge is -2.15. The molecule has 0 saturated heterocycles. The Bertz CT molecular complexity index is 703. The molecule has 0 aliphatic carbocycles. The Morgan fingerprint density at radius 2 is 1.35 bits per heavy atom. The van der Waals surface area contributed by atoms with Crippen LogP contribution < -0.4 is 10.9 Å². The molecule has 0 aliphatic rings. The summed E-state index contributed by atoms with van der Waals surface area (Å²) in [6, 6.07) is 21.1. The van der Waals surface area contributed by atoms with Crippen LogP contribution in [0.4, 0.5) is 0 Å². The minimum atomic E-state index is -0.202. The Balaban J connectivity index is 1.86. The highest BCUT2D eigenvalue weighted by molar-refractivity contribution is 6.80. The molecule has 3 rings (SSSR count). The number of pyridine rings is 1. The molecule has 0 spiro atoms. The number of hydrogen-bond acceptors (Lipinski definition) is 2. The van der Waals surface area contributed by atoms with Crippen molar-refractivity contribution in [3.8, 4) is 0 Å². The van der Waals surface area contributed by atoms with Crippen molar-refractivity contribution in [3.63, 3.8) is 0 Å².